The Bertz CT molecular complexity index is 1090. The molecule has 0 atom stereocenters. The first-order valence-corrected chi connectivity index (χ1v) is 11.1. The zero-order valence-electron chi connectivity index (χ0n) is 17.3. The van der Waals surface area contributed by atoms with Gasteiger partial charge in [-0.1, -0.05) is 0 Å². The summed E-state index contributed by atoms with van der Waals surface area (Å²) in [5.74, 6) is 0. The highest BCUT2D eigenvalue weighted by Crippen LogP contribution is 2.34. The molecule has 2 rings (SSSR count). The Labute approximate surface area is 181 Å². The summed E-state index contributed by atoms with van der Waals surface area (Å²) in [5, 5.41) is 5.70. The van der Waals surface area contributed by atoms with Gasteiger partial charge in [0, 0.05) is 18.8 Å². The molecule has 1 amide bonds. The molecule has 0 aliphatic carbocycles. The van der Waals surface area contributed by atoms with Crippen molar-refractivity contribution in [3.63, 3.8) is 0 Å². The minimum Gasteiger partial charge on any atom is -0.443 e. The number of halogens is 3. The number of aryl methyl sites for hydroxylation is 2. The number of rotatable bonds is 5. The molecule has 0 aliphatic heterocycles. The van der Waals surface area contributed by atoms with E-state index in [1.807, 2.05) is 0 Å². The summed E-state index contributed by atoms with van der Waals surface area (Å²) in [5.41, 5.74) is -0.872. The second kappa shape index (κ2) is 8.91. The van der Waals surface area contributed by atoms with Gasteiger partial charge in [0.1, 0.15) is 15.7 Å². The number of aromatic nitrogens is 3. The molecule has 13 heteroatoms. The van der Waals surface area contributed by atoms with Crippen LogP contribution in [0.15, 0.2) is 33.8 Å². The summed E-state index contributed by atoms with van der Waals surface area (Å²) in [4.78, 5) is 15.5. The molecular weight excluding hydrogens is 457 g/mol. The fourth-order valence-corrected chi connectivity index (χ4v) is 3.88. The molecule has 8 nitrogen and oxygen atoms in total. The lowest BCUT2D eigenvalue weighted by Gasteiger charge is -2.19. The van der Waals surface area contributed by atoms with Crippen LogP contribution in [0.1, 0.15) is 37.6 Å². The molecule has 0 aromatic carbocycles. The van der Waals surface area contributed by atoms with Gasteiger partial charge in [-0.15, -0.1) is 0 Å². The number of carbonyl (C=O) groups excluding carboxylic acids is 1. The predicted molar refractivity (Wildman–Crippen MR) is 109 cm³/mol. The molecule has 170 valence electrons. The molecule has 0 aliphatic rings. The number of ether oxygens (including phenoxy) is 1. The van der Waals surface area contributed by atoms with Crippen LogP contribution in [0.5, 0.6) is 0 Å². The van der Waals surface area contributed by atoms with Crippen LogP contribution in [0.25, 0.3) is 6.08 Å². The molecule has 31 heavy (non-hydrogen) atoms. The molecule has 0 unspecified atom stereocenters. The van der Waals surface area contributed by atoms with E-state index in [0.29, 0.717) is 16.3 Å². The normalized spacial score (nSPS) is 12.9. The van der Waals surface area contributed by atoms with E-state index in [1.54, 1.807) is 39.5 Å². The quantitative estimate of drug-likeness (QED) is 0.690. The van der Waals surface area contributed by atoms with Crippen molar-refractivity contribution in [2.45, 2.75) is 49.5 Å². The van der Waals surface area contributed by atoms with E-state index in [4.69, 9.17) is 4.74 Å². The molecular formula is C18H21F3N4O4S2. The van der Waals surface area contributed by atoms with Gasteiger partial charge in [0.2, 0.25) is 0 Å². The zero-order valence-corrected chi connectivity index (χ0v) is 18.9. The van der Waals surface area contributed by atoms with Crippen LogP contribution in [0.4, 0.5) is 18.0 Å². The van der Waals surface area contributed by atoms with Gasteiger partial charge in [-0.3, -0.25) is 4.68 Å². The fraction of sp³-hybridized carbons (Fsp3) is 0.389. The van der Waals surface area contributed by atoms with Crippen LogP contribution in [0.3, 0.4) is 0 Å². The van der Waals surface area contributed by atoms with Crippen molar-refractivity contribution in [2.24, 2.45) is 7.05 Å². The van der Waals surface area contributed by atoms with Gasteiger partial charge >= 0.3 is 12.3 Å². The summed E-state index contributed by atoms with van der Waals surface area (Å²) >= 11 is 1.02. The number of amides is 1. The van der Waals surface area contributed by atoms with Crippen LogP contribution in [-0.2, 0) is 28.0 Å². The average Bonchev–Trinajstić information content (AvgIpc) is 2.83. The van der Waals surface area contributed by atoms with Crippen LogP contribution in [0, 0.1) is 6.92 Å². The van der Waals surface area contributed by atoms with Crippen molar-refractivity contribution in [1.29, 1.82) is 0 Å². The second-order valence-electron chi connectivity index (χ2n) is 7.36. The Hall–Kier alpha value is -2.54. The second-order valence-corrected chi connectivity index (χ2v) is 9.94. The van der Waals surface area contributed by atoms with Crippen LogP contribution in [-0.4, -0.2) is 34.9 Å². The molecule has 0 saturated carbocycles. The Balaban J connectivity index is 2.24. The van der Waals surface area contributed by atoms with Crippen molar-refractivity contribution in [2.75, 3.05) is 0 Å². The van der Waals surface area contributed by atoms with E-state index in [-0.39, 0.29) is 5.03 Å². The minimum absolute atomic E-state index is 0.264. The Morgan fingerprint density at radius 3 is 2.42 bits per heavy atom. The van der Waals surface area contributed by atoms with Gasteiger partial charge < -0.3 is 4.74 Å². The minimum atomic E-state index is -4.50. The largest absolute Gasteiger partial charge is 0.443 e. The number of hydrogen-bond acceptors (Lipinski definition) is 7. The van der Waals surface area contributed by atoms with Crippen molar-refractivity contribution < 1.29 is 31.1 Å². The number of nitrogens with zero attached hydrogens (tertiary/aromatic N) is 3. The summed E-state index contributed by atoms with van der Waals surface area (Å²) in [6.07, 6.45) is -3.66. The molecule has 2 aromatic rings. The summed E-state index contributed by atoms with van der Waals surface area (Å²) < 4.78 is 70.6. The molecule has 0 bridgehead atoms. The number of hydrogen-bond donors (Lipinski definition) is 1. The Morgan fingerprint density at radius 1 is 1.26 bits per heavy atom. The number of nitrogens with one attached hydrogen (secondary N) is 1. The zero-order chi connectivity index (χ0) is 23.6. The third kappa shape index (κ3) is 7.28. The Morgan fingerprint density at radius 2 is 1.90 bits per heavy atom. The van der Waals surface area contributed by atoms with Gasteiger partial charge in [-0.25, -0.2) is 22.9 Å². The first-order valence-electron chi connectivity index (χ1n) is 8.76. The highest BCUT2D eigenvalue weighted by atomic mass is 32.2. The molecule has 2 heterocycles. The third-order valence-electron chi connectivity index (χ3n) is 3.52. The number of carbonyl (C=O) groups is 1. The van der Waals surface area contributed by atoms with E-state index in [9.17, 15) is 26.4 Å². The van der Waals surface area contributed by atoms with Gasteiger partial charge in [0.05, 0.1) is 16.7 Å². The van der Waals surface area contributed by atoms with Crippen molar-refractivity contribution >= 4 is 34.0 Å². The summed E-state index contributed by atoms with van der Waals surface area (Å²) in [6.45, 7) is 6.41. The molecule has 1 N–H and O–H groups in total. The third-order valence-corrected chi connectivity index (χ3v) is 5.59. The van der Waals surface area contributed by atoms with Gasteiger partial charge in [-0.05, 0) is 57.7 Å². The first kappa shape index (κ1) is 24.7. The smallest absolute Gasteiger partial charge is 0.421 e. The van der Waals surface area contributed by atoms with E-state index >= 15 is 0 Å². The predicted octanol–water partition coefficient (Wildman–Crippen LogP) is 4.12. The van der Waals surface area contributed by atoms with Gasteiger partial charge in [-0.2, -0.15) is 18.3 Å². The monoisotopic (exact) mass is 478 g/mol. The highest BCUT2D eigenvalue weighted by molar-refractivity contribution is 7.99. The van der Waals surface area contributed by atoms with Crippen molar-refractivity contribution in [1.82, 2.24) is 19.5 Å². The van der Waals surface area contributed by atoms with E-state index < -0.39 is 33.5 Å². The average molecular weight is 479 g/mol. The van der Waals surface area contributed by atoms with Crippen molar-refractivity contribution in [3.05, 3.63) is 40.6 Å². The highest BCUT2D eigenvalue weighted by Gasteiger charge is 2.30. The molecule has 0 saturated heterocycles. The number of sulfonamides is 1. The van der Waals surface area contributed by atoms with Gasteiger partial charge in [0.25, 0.3) is 10.0 Å². The lowest BCUT2D eigenvalue weighted by Crippen LogP contribution is -2.35. The summed E-state index contributed by atoms with van der Waals surface area (Å²) in [7, 11) is -2.56. The van der Waals surface area contributed by atoms with Gasteiger partial charge in [0.15, 0.2) is 0 Å². The Kier molecular flexibility index (Phi) is 7.10. The molecule has 0 fully saturated rings. The van der Waals surface area contributed by atoms with Crippen LogP contribution >= 0.6 is 11.8 Å². The SMILES string of the molecule is Cc1nn(C)c(Sc2ccc(C(F)(F)F)cn2)c1/C=C/S(=O)(=O)NC(=O)OC(C)(C)C. The molecule has 2 aromatic heterocycles. The summed E-state index contributed by atoms with van der Waals surface area (Å²) in [6, 6.07) is 2.12. The van der Waals surface area contributed by atoms with Crippen molar-refractivity contribution in [3.8, 4) is 0 Å². The number of pyridine rings is 1. The molecule has 0 spiro atoms. The maximum atomic E-state index is 12.7. The lowest BCUT2D eigenvalue weighted by atomic mass is 10.2. The van der Waals surface area contributed by atoms with Crippen LogP contribution < -0.4 is 4.72 Å². The molecule has 0 radical (unpaired) electrons. The topological polar surface area (TPSA) is 103 Å². The maximum absolute atomic E-state index is 12.7. The first-order chi connectivity index (χ1) is 14.1. The fourth-order valence-electron chi connectivity index (χ4n) is 2.28. The van der Waals surface area contributed by atoms with Crippen LogP contribution in [0.2, 0.25) is 0 Å². The standard InChI is InChI=1S/C18H21F3N4O4S2/c1-11-13(8-9-31(27,28)24-16(26)29-17(2,3)4)15(25(5)23-11)30-14-7-6-12(10-22-14)18(19,20)21/h6-10H,1-5H3,(H,24,26)/b9-8+. The van der Waals surface area contributed by atoms with E-state index in [2.05, 4.69) is 10.1 Å². The van der Waals surface area contributed by atoms with E-state index in [1.165, 1.54) is 16.8 Å². The lowest BCUT2D eigenvalue weighted by molar-refractivity contribution is -0.137. The maximum Gasteiger partial charge on any atom is 0.421 e. The van der Waals surface area contributed by atoms with E-state index in [0.717, 1.165) is 29.4 Å². The number of alkyl halides is 3.